The highest BCUT2D eigenvalue weighted by Gasteiger charge is 1.91. The van der Waals surface area contributed by atoms with Crippen molar-refractivity contribution in [2.24, 2.45) is 4.99 Å². The van der Waals surface area contributed by atoms with Crippen LogP contribution in [0.2, 0.25) is 0 Å². The van der Waals surface area contributed by atoms with Crippen molar-refractivity contribution in [3.8, 4) is 0 Å². The zero-order valence-corrected chi connectivity index (χ0v) is 4.98. The first-order valence-corrected chi connectivity index (χ1v) is 2.44. The number of nitrogens with one attached hydrogen (secondary N) is 1. The Balaban J connectivity index is 3.11. The third-order valence-electron chi connectivity index (χ3n) is 0.776. The van der Waals surface area contributed by atoms with Gasteiger partial charge in [-0.1, -0.05) is 0 Å². The summed E-state index contributed by atoms with van der Waals surface area (Å²) in [6.07, 6.45) is 0.444. The molecule has 1 N–H and O–H groups in total. The lowest BCUT2D eigenvalue weighted by Crippen LogP contribution is -2.17. The van der Waals surface area contributed by atoms with E-state index in [0.717, 1.165) is 0 Å². The highest BCUT2D eigenvalue weighted by molar-refractivity contribution is 5.75. The predicted octanol–water partition coefficient (Wildman–Crippen LogP) is -0.177. The highest BCUT2D eigenvalue weighted by Crippen LogP contribution is 1.76. The summed E-state index contributed by atoms with van der Waals surface area (Å²) in [4.78, 5) is 13.9. The van der Waals surface area contributed by atoms with E-state index < -0.39 is 0 Å². The van der Waals surface area contributed by atoms with Gasteiger partial charge >= 0.3 is 0 Å². The molecule has 0 aliphatic carbocycles. The molecular formula is C5H10N2O. The van der Waals surface area contributed by atoms with E-state index in [0.29, 0.717) is 13.0 Å². The van der Waals surface area contributed by atoms with Crippen molar-refractivity contribution >= 4 is 12.6 Å². The van der Waals surface area contributed by atoms with Gasteiger partial charge in [-0.2, -0.15) is 0 Å². The Morgan fingerprint density at radius 2 is 2.50 bits per heavy atom. The maximum Gasteiger partial charge on any atom is 0.221 e. The van der Waals surface area contributed by atoms with Crippen LogP contribution in [0.3, 0.4) is 0 Å². The number of rotatable bonds is 3. The van der Waals surface area contributed by atoms with Crippen molar-refractivity contribution in [1.82, 2.24) is 5.32 Å². The normalized spacial score (nSPS) is 8.12. The average Bonchev–Trinajstić information content (AvgIpc) is 1.83. The Hall–Kier alpha value is -0.860. The molecule has 8 heavy (non-hydrogen) atoms. The molecule has 0 aliphatic rings. The molecule has 0 spiro atoms. The number of hydrogen-bond acceptors (Lipinski definition) is 2. The molecule has 0 rings (SSSR count). The van der Waals surface area contributed by atoms with Gasteiger partial charge in [0.1, 0.15) is 0 Å². The van der Waals surface area contributed by atoms with Gasteiger partial charge in [0.05, 0.1) is 0 Å². The molecule has 0 aromatic rings. The SMILES string of the molecule is C=NCCC(=O)NC. The predicted molar refractivity (Wildman–Crippen MR) is 33.1 cm³/mol. The first-order valence-electron chi connectivity index (χ1n) is 2.44. The van der Waals surface area contributed by atoms with Crippen molar-refractivity contribution in [3.63, 3.8) is 0 Å². The molecule has 46 valence electrons. The number of nitrogens with zero attached hydrogens (tertiary/aromatic N) is 1. The van der Waals surface area contributed by atoms with E-state index in [1.54, 1.807) is 7.05 Å². The van der Waals surface area contributed by atoms with E-state index in [4.69, 9.17) is 0 Å². The fraction of sp³-hybridized carbons (Fsp3) is 0.600. The average molecular weight is 114 g/mol. The lowest BCUT2D eigenvalue weighted by atomic mass is 10.4. The molecule has 3 heteroatoms. The van der Waals surface area contributed by atoms with Crippen LogP contribution in [0.1, 0.15) is 6.42 Å². The zero-order chi connectivity index (χ0) is 6.41. The smallest absolute Gasteiger partial charge is 0.221 e. The standard InChI is InChI=1S/C5H10N2O/c1-6-4-3-5(8)7-2/h1,3-4H2,2H3,(H,7,8). The maximum atomic E-state index is 10.4. The van der Waals surface area contributed by atoms with Crippen LogP contribution in [0, 0.1) is 0 Å². The van der Waals surface area contributed by atoms with Crippen LogP contribution in [0.4, 0.5) is 0 Å². The second-order valence-corrected chi connectivity index (χ2v) is 1.37. The van der Waals surface area contributed by atoms with Gasteiger partial charge in [-0.15, -0.1) is 0 Å². The molecule has 0 bridgehead atoms. The van der Waals surface area contributed by atoms with E-state index in [1.165, 1.54) is 0 Å². The quantitative estimate of drug-likeness (QED) is 0.508. The summed E-state index contributed by atoms with van der Waals surface area (Å²) < 4.78 is 0. The van der Waals surface area contributed by atoms with Crippen LogP contribution in [-0.4, -0.2) is 26.2 Å². The molecule has 0 unspecified atom stereocenters. The van der Waals surface area contributed by atoms with Gasteiger partial charge in [0, 0.05) is 20.0 Å². The van der Waals surface area contributed by atoms with E-state index in [9.17, 15) is 4.79 Å². The second kappa shape index (κ2) is 4.30. The molecule has 0 radical (unpaired) electrons. The number of carbonyl (C=O) groups excluding carboxylic acids is 1. The van der Waals surface area contributed by atoms with Crippen LogP contribution < -0.4 is 5.32 Å². The summed E-state index contributed by atoms with van der Waals surface area (Å²) in [6, 6.07) is 0. The maximum absolute atomic E-state index is 10.4. The van der Waals surface area contributed by atoms with Crippen molar-refractivity contribution < 1.29 is 4.79 Å². The Kier molecular flexibility index (Phi) is 3.84. The second-order valence-electron chi connectivity index (χ2n) is 1.37. The van der Waals surface area contributed by atoms with Crippen LogP contribution in [0.25, 0.3) is 0 Å². The van der Waals surface area contributed by atoms with Gasteiger partial charge in [0.25, 0.3) is 0 Å². The Bertz CT molecular complexity index is 90.4. The fourth-order valence-corrected chi connectivity index (χ4v) is 0.306. The third-order valence-corrected chi connectivity index (χ3v) is 0.776. The number of amides is 1. The summed E-state index contributed by atoms with van der Waals surface area (Å²) >= 11 is 0. The van der Waals surface area contributed by atoms with E-state index in [-0.39, 0.29) is 5.91 Å². The van der Waals surface area contributed by atoms with Crippen molar-refractivity contribution in [1.29, 1.82) is 0 Å². The molecule has 0 saturated carbocycles. The number of hydrogen-bond donors (Lipinski definition) is 1. The van der Waals surface area contributed by atoms with Gasteiger partial charge < -0.3 is 10.3 Å². The Morgan fingerprint density at radius 3 is 2.88 bits per heavy atom. The molecule has 0 aliphatic heterocycles. The minimum Gasteiger partial charge on any atom is -0.359 e. The van der Waals surface area contributed by atoms with Gasteiger partial charge in [0.15, 0.2) is 0 Å². The van der Waals surface area contributed by atoms with Crippen LogP contribution in [-0.2, 0) is 4.79 Å². The lowest BCUT2D eigenvalue weighted by molar-refractivity contribution is -0.120. The zero-order valence-electron chi connectivity index (χ0n) is 4.98. The first-order chi connectivity index (χ1) is 3.81. The van der Waals surface area contributed by atoms with E-state index in [1.807, 2.05) is 0 Å². The lowest BCUT2D eigenvalue weighted by Gasteiger charge is -1.92. The van der Waals surface area contributed by atoms with Crippen molar-refractivity contribution in [2.75, 3.05) is 13.6 Å². The van der Waals surface area contributed by atoms with Crippen LogP contribution in [0.5, 0.6) is 0 Å². The molecule has 0 atom stereocenters. The van der Waals surface area contributed by atoms with Gasteiger partial charge in [-0.25, -0.2) is 0 Å². The largest absolute Gasteiger partial charge is 0.359 e. The summed E-state index contributed by atoms with van der Waals surface area (Å²) in [7, 11) is 1.60. The van der Waals surface area contributed by atoms with Gasteiger partial charge in [-0.05, 0) is 6.72 Å². The minimum absolute atomic E-state index is 0.0115. The Labute approximate surface area is 48.8 Å². The Morgan fingerprint density at radius 1 is 1.88 bits per heavy atom. The molecule has 0 aromatic heterocycles. The minimum atomic E-state index is 0.0115. The van der Waals surface area contributed by atoms with E-state index in [2.05, 4.69) is 17.0 Å². The van der Waals surface area contributed by atoms with Crippen molar-refractivity contribution in [2.45, 2.75) is 6.42 Å². The number of carbonyl (C=O) groups is 1. The number of aliphatic imine (C=N–C) groups is 1. The van der Waals surface area contributed by atoms with Crippen LogP contribution >= 0.6 is 0 Å². The summed E-state index contributed by atoms with van der Waals surface area (Å²) in [5, 5.41) is 2.47. The molecule has 0 heterocycles. The fourth-order valence-electron chi connectivity index (χ4n) is 0.306. The molecule has 0 saturated heterocycles. The van der Waals surface area contributed by atoms with Gasteiger partial charge in [-0.3, -0.25) is 4.79 Å². The topological polar surface area (TPSA) is 41.5 Å². The summed E-state index contributed by atoms with van der Waals surface area (Å²) in [5.74, 6) is 0.0115. The van der Waals surface area contributed by atoms with E-state index >= 15 is 0 Å². The molecule has 0 aromatic carbocycles. The first kappa shape index (κ1) is 7.14. The monoisotopic (exact) mass is 114 g/mol. The summed E-state index contributed by atoms with van der Waals surface area (Å²) in [6.45, 7) is 3.75. The van der Waals surface area contributed by atoms with Crippen LogP contribution in [0.15, 0.2) is 4.99 Å². The van der Waals surface area contributed by atoms with Gasteiger partial charge in [0.2, 0.25) is 5.91 Å². The molecular weight excluding hydrogens is 104 g/mol. The van der Waals surface area contributed by atoms with Crippen molar-refractivity contribution in [3.05, 3.63) is 0 Å². The highest BCUT2D eigenvalue weighted by atomic mass is 16.1. The molecule has 3 nitrogen and oxygen atoms in total. The molecule has 0 fully saturated rings. The third kappa shape index (κ3) is 3.33. The summed E-state index contributed by atoms with van der Waals surface area (Å²) in [5.41, 5.74) is 0. The molecule has 1 amide bonds.